The Hall–Kier alpha value is -2.56. The highest BCUT2D eigenvalue weighted by atomic mass is 16.3. The quantitative estimate of drug-likeness (QED) is 0.940. The van der Waals surface area contributed by atoms with Gasteiger partial charge in [-0.2, -0.15) is 0 Å². The van der Waals surface area contributed by atoms with Gasteiger partial charge in [0.05, 0.1) is 12.8 Å². The molecule has 1 aromatic heterocycles. The van der Waals surface area contributed by atoms with Crippen molar-refractivity contribution in [3.63, 3.8) is 0 Å². The molecule has 0 unspecified atom stereocenters. The highest BCUT2D eigenvalue weighted by molar-refractivity contribution is 5.99. The number of likely N-dealkylation sites (tertiary alicyclic amines) is 1. The highest BCUT2D eigenvalue weighted by Gasteiger charge is 2.34. The van der Waals surface area contributed by atoms with E-state index < -0.39 is 6.04 Å². The summed E-state index contributed by atoms with van der Waals surface area (Å²) in [5, 5.41) is 2.86. The Morgan fingerprint density at radius 2 is 2.12 bits per heavy atom. The molecule has 0 saturated carbocycles. The van der Waals surface area contributed by atoms with Gasteiger partial charge < -0.3 is 14.6 Å². The van der Waals surface area contributed by atoms with Gasteiger partial charge in [0.15, 0.2) is 0 Å². The SMILES string of the molecule is Cc1ccc(C(=O)N2CCC[C@@H]2C(=O)NCc2ccco2)c(C)c1. The Balaban J connectivity index is 1.70. The van der Waals surface area contributed by atoms with Gasteiger partial charge in [-0.1, -0.05) is 17.7 Å². The van der Waals surface area contributed by atoms with Crippen LogP contribution >= 0.6 is 0 Å². The van der Waals surface area contributed by atoms with Crippen molar-refractivity contribution in [3.8, 4) is 0 Å². The summed E-state index contributed by atoms with van der Waals surface area (Å²) in [6, 6.07) is 8.97. The molecule has 5 heteroatoms. The Labute approximate surface area is 141 Å². The van der Waals surface area contributed by atoms with Crippen LogP contribution in [0.4, 0.5) is 0 Å². The van der Waals surface area contributed by atoms with Crippen LogP contribution < -0.4 is 5.32 Å². The lowest BCUT2D eigenvalue weighted by Gasteiger charge is -2.24. The molecule has 1 aliphatic heterocycles. The number of hydrogen-bond donors (Lipinski definition) is 1. The first-order chi connectivity index (χ1) is 11.6. The fraction of sp³-hybridized carbons (Fsp3) is 0.368. The van der Waals surface area contributed by atoms with Crippen molar-refractivity contribution in [3.05, 3.63) is 59.0 Å². The minimum absolute atomic E-state index is 0.0665. The second-order valence-corrected chi connectivity index (χ2v) is 6.27. The third-order valence-electron chi connectivity index (χ3n) is 4.45. The van der Waals surface area contributed by atoms with E-state index >= 15 is 0 Å². The molecule has 3 rings (SSSR count). The molecule has 1 N–H and O–H groups in total. The number of carbonyl (C=O) groups excluding carboxylic acids is 2. The van der Waals surface area contributed by atoms with Gasteiger partial charge >= 0.3 is 0 Å². The maximum absolute atomic E-state index is 12.9. The topological polar surface area (TPSA) is 62.6 Å². The zero-order valence-corrected chi connectivity index (χ0v) is 14.0. The van der Waals surface area contributed by atoms with Gasteiger partial charge in [-0.15, -0.1) is 0 Å². The number of benzene rings is 1. The molecular weight excluding hydrogens is 304 g/mol. The van der Waals surface area contributed by atoms with Crippen molar-refractivity contribution >= 4 is 11.8 Å². The zero-order chi connectivity index (χ0) is 17.1. The maximum Gasteiger partial charge on any atom is 0.254 e. The number of nitrogens with one attached hydrogen (secondary N) is 1. The molecule has 5 nitrogen and oxygen atoms in total. The Kier molecular flexibility index (Phi) is 4.69. The van der Waals surface area contributed by atoms with Gasteiger partial charge in [0.2, 0.25) is 5.91 Å². The lowest BCUT2D eigenvalue weighted by atomic mass is 10.0. The van der Waals surface area contributed by atoms with Crippen molar-refractivity contribution in [1.82, 2.24) is 10.2 Å². The summed E-state index contributed by atoms with van der Waals surface area (Å²) in [5.41, 5.74) is 2.74. The largest absolute Gasteiger partial charge is 0.467 e. The highest BCUT2D eigenvalue weighted by Crippen LogP contribution is 2.22. The molecule has 126 valence electrons. The smallest absolute Gasteiger partial charge is 0.254 e. The van der Waals surface area contributed by atoms with Gasteiger partial charge in [0.1, 0.15) is 11.8 Å². The molecule has 24 heavy (non-hydrogen) atoms. The Bertz CT molecular complexity index is 737. The maximum atomic E-state index is 12.9. The van der Waals surface area contributed by atoms with Crippen LogP contribution in [0.25, 0.3) is 0 Å². The van der Waals surface area contributed by atoms with E-state index in [0.29, 0.717) is 30.8 Å². The normalized spacial score (nSPS) is 17.1. The van der Waals surface area contributed by atoms with Crippen molar-refractivity contribution in [2.24, 2.45) is 0 Å². The van der Waals surface area contributed by atoms with Crippen LogP contribution in [-0.4, -0.2) is 29.3 Å². The summed E-state index contributed by atoms with van der Waals surface area (Å²) >= 11 is 0. The van der Waals surface area contributed by atoms with Crippen LogP contribution in [0.1, 0.15) is 40.1 Å². The van der Waals surface area contributed by atoms with E-state index in [0.717, 1.165) is 17.5 Å². The van der Waals surface area contributed by atoms with E-state index in [1.54, 1.807) is 17.2 Å². The van der Waals surface area contributed by atoms with E-state index in [1.165, 1.54) is 0 Å². The number of furan rings is 1. The van der Waals surface area contributed by atoms with Crippen molar-refractivity contribution in [2.75, 3.05) is 6.54 Å². The number of carbonyl (C=O) groups is 2. The van der Waals surface area contributed by atoms with Crippen LogP contribution in [0.15, 0.2) is 41.0 Å². The molecular formula is C19H22N2O3. The first-order valence-electron chi connectivity index (χ1n) is 8.24. The van der Waals surface area contributed by atoms with Crippen molar-refractivity contribution in [1.29, 1.82) is 0 Å². The van der Waals surface area contributed by atoms with E-state index in [9.17, 15) is 9.59 Å². The second-order valence-electron chi connectivity index (χ2n) is 6.27. The van der Waals surface area contributed by atoms with E-state index in [-0.39, 0.29) is 11.8 Å². The molecule has 2 amide bonds. The summed E-state index contributed by atoms with van der Waals surface area (Å²) in [7, 11) is 0. The number of nitrogens with zero attached hydrogens (tertiary/aromatic N) is 1. The Morgan fingerprint density at radius 1 is 1.29 bits per heavy atom. The van der Waals surface area contributed by atoms with Gasteiger partial charge in [0, 0.05) is 12.1 Å². The molecule has 0 bridgehead atoms. The first-order valence-corrected chi connectivity index (χ1v) is 8.24. The summed E-state index contributed by atoms with van der Waals surface area (Å²) in [6.07, 6.45) is 3.11. The molecule has 0 spiro atoms. The molecule has 2 heterocycles. The van der Waals surface area contributed by atoms with Gasteiger partial charge in [0.25, 0.3) is 5.91 Å². The monoisotopic (exact) mass is 326 g/mol. The average Bonchev–Trinajstić information content (AvgIpc) is 3.23. The summed E-state index contributed by atoms with van der Waals surface area (Å²) < 4.78 is 5.22. The summed E-state index contributed by atoms with van der Waals surface area (Å²) in [5.74, 6) is 0.513. The van der Waals surface area contributed by atoms with Gasteiger partial charge in [-0.05, 0) is 50.5 Å². The Morgan fingerprint density at radius 3 is 2.83 bits per heavy atom. The van der Waals surface area contributed by atoms with E-state index in [2.05, 4.69) is 5.32 Å². The number of hydrogen-bond acceptors (Lipinski definition) is 3. The van der Waals surface area contributed by atoms with Gasteiger partial charge in [-0.3, -0.25) is 9.59 Å². The zero-order valence-electron chi connectivity index (χ0n) is 14.0. The van der Waals surface area contributed by atoms with Crippen LogP contribution in [-0.2, 0) is 11.3 Å². The third kappa shape index (κ3) is 3.35. The minimum atomic E-state index is -0.409. The van der Waals surface area contributed by atoms with Crippen molar-refractivity contribution in [2.45, 2.75) is 39.3 Å². The average molecular weight is 326 g/mol. The minimum Gasteiger partial charge on any atom is -0.467 e. The number of aryl methyl sites for hydroxylation is 2. The molecule has 1 fully saturated rings. The van der Waals surface area contributed by atoms with Crippen LogP contribution in [0, 0.1) is 13.8 Å². The van der Waals surface area contributed by atoms with E-state index in [4.69, 9.17) is 4.42 Å². The fourth-order valence-corrected chi connectivity index (χ4v) is 3.20. The molecule has 1 aromatic carbocycles. The van der Waals surface area contributed by atoms with Crippen LogP contribution in [0.2, 0.25) is 0 Å². The number of rotatable bonds is 4. The van der Waals surface area contributed by atoms with Crippen molar-refractivity contribution < 1.29 is 14.0 Å². The summed E-state index contributed by atoms with van der Waals surface area (Å²) in [6.45, 7) is 4.89. The standard InChI is InChI=1S/C19H22N2O3/c1-13-7-8-16(14(2)11-13)19(23)21-9-3-6-17(21)18(22)20-12-15-5-4-10-24-15/h4-5,7-8,10-11,17H,3,6,9,12H2,1-2H3,(H,20,22)/t17-/m1/s1. The lowest BCUT2D eigenvalue weighted by Crippen LogP contribution is -2.45. The summed E-state index contributed by atoms with van der Waals surface area (Å²) in [4.78, 5) is 27.0. The predicted octanol–water partition coefficient (Wildman–Crippen LogP) is 2.82. The third-order valence-corrected chi connectivity index (χ3v) is 4.45. The first kappa shape index (κ1) is 16.3. The molecule has 2 aromatic rings. The molecule has 1 saturated heterocycles. The fourth-order valence-electron chi connectivity index (χ4n) is 3.20. The predicted molar refractivity (Wildman–Crippen MR) is 90.5 cm³/mol. The van der Waals surface area contributed by atoms with Crippen LogP contribution in [0.5, 0.6) is 0 Å². The molecule has 1 atom stereocenters. The van der Waals surface area contributed by atoms with Crippen LogP contribution in [0.3, 0.4) is 0 Å². The second kappa shape index (κ2) is 6.91. The molecule has 0 radical (unpaired) electrons. The van der Waals surface area contributed by atoms with E-state index in [1.807, 2.05) is 38.1 Å². The molecule has 1 aliphatic rings. The lowest BCUT2D eigenvalue weighted by molar-refractivity contribution is -0.125. The van der Waals surface area contributed by atoms with Gasteiger partial charge in [-0.25, -0.2) is 0 Å². The molecule has 0 aliphatic carbocycles. The number of amides is 2.